The van der Waals surface area contributed by atoms with E-state index >= 15 is 0 Å². The first-order valence-corrected chi connectivity index (χ1v) is 11.2. The summed E-state index contributed by atoms with van der Waals surface area (Å²) in [5.74, 6) is 1.74. The average molecular weight is 442 g/mol. The number of hydrogen-bond donors (Lipinski definition) is 0. The topological polar surface area (TPSA) is 54.9 Å². The summed E-state index contributed by atoms with van der Waals surface area (Å²) in [4.78, 5) is 21.7. The first-order chi connectivity index (χ1) is 14.8. The SMILES string of the molecule is COc1ccc(C)c2sc(N(CCN(C)C)C(=O)COc3ccc(C(C)C)cc3)nc12. The zero-order chi connectivity index (χ0) is 22.5. The predicted molar refractivity (Wildman–Crippen MR) is 128 cm³/mol. The molecule has 7 heteroatoms. The molecule has 0 fully saturated rings. The molecule has 1 amide bonds. The highest BCUT2D eigenvalue weighted by atomic mass is 32.1. The van der Waals surface area contributed by atoms with E-state index in [1.165, 1.54) is 16.9 Å². The molecule has 0 saturated carbocycles. The Bertz CT molecular complexity index is 1030. The number of amides is 1. The van der Waals surface area contributed by atoms with Gasteiger partial charge in [-0.2, -0.15) is 0 Å². The number of ether oxygens (including phenoxy) is 2. The maximum Gasteiger partial charge on any atom is 0.266 e. The first kappa shape index (κ1) is 23.0. The monoisotopic (exact) mass is 441 g/mol. The minimum absolute atomic E-state index is 0.0412. The Hall–Kier alpha value is -2.64. The van der Waals surface area contributed by atoms with Gasteiger partial charge in [-0.25, -0.2) is 4.98 Å². The highest BCUT2D eigenvalue weighted by molar-refractivity contribution is 7.22. The fraction of sp³-hybridized carbons (Fsp3) is 0.417. The molecule has 0 aliphatic rings. The van der Waals surface area contributed by atoms with Crippen LogP contribution in [0.1, 0.15) is 30.9 Å². The van der Waals surface area contributed by atoms with Crippen molar-refractivity contribution in [3.63, 3.8) is 0 Å². The molecule has 1 aromatic heterocycles. The first-order valence-electron chi connectivity index (χ1n) is 10.4. The smallest absolute Gasteiger partial charge is 0.266 e. The predicted octanol–water partition coefficient (Wildman–Crippen LogP) is 4.71. The number of anilines is 1. The summed E-state index contributed by atoms with van der Waals surface area (Å²) < 4.78 is 12.3. The largest absolute Gasteiger partial charge is 0.494 e. The van der Waals surface area contributed by atoms with E-state index in [2.05, 4.69) is 13.8 Å². The number of methoxy groups -OCH3 is 1. The Morgan fingerprint density at radius 1 is 1.10 bits per heavy atom. The Balaban J connectivity index is 1.82. The Morgan fingerprint density at radius 3 is 2.42 bits per heavy atom. The number of carbonyl (C=O) groups is 1. The lowest BCUT2D eigenvalue weighted by Gasteiger charge is -2.22. The van der Waals surface area contributed by atoms with Crippen LogP contribution in [0.4, 0.5) is 5.13 Å². The van der Waals surface area contributed by atoms with Gasteiger partial charge in [0.1, 0.15) is 17.0 Å². The third-order valence-corrected chi connectivity index (χ3v) is 6.34. The van der Waals surface area contributed by atoms with E-state index in [9.17, 15) is 4.79 Å². The van der Waals surface area contributed by atoms with Crippen molar-refractivity contribution in [1.82, 2.24) is 9.88 Å². The highest BCUT2D eigenvalue weighted by Gasteiger charge is 2.22. The fourth-order valence-corrected chi connectivity index (χ4v) is 4.27. The molecule has 0 saturated heterocycles. The van der Waals surface area contributed by atoms with Crippen LogP contribution in [0.5, 0.6) is 11.5 Å². The average Bonchev–Trinajstić information content (AvgIpc) is 3.18. The molecule has 0 N–H and O–H groups in total. The Labute approximate surface area is 188 Å². The zero-order valence-electron chi connectivity index (χ0n) is 19.1. The van der Waals surface area contributed by atoms with E-state index in [0.29, 0.717) is 29.1 Å². The lowest BCUT2D eigenvalue weighted by Crippen LogP contribution is -2.39. The van der Waals surface area contributed by atoms with Gasteiger partial charge < -0.3 is 14.4 Å². The standard InChI is InChI=1S/C24H31N3O3S/c1-16(2)18-8-10-19(11-9-18)30-15-21(28)27(14-13-26(4)5)24-25-22-20(29-6)12-7-17(3)23(22)31-24/h7-12,16H,13-15H2,1-6H3. The van der Waals surface area contributed by atoms with Gasteiger partial charge in [0.05, 0.1) is 11.8 Å². The van der Waals surface area contributed by atoms with Crippen molar-refractivity contribution in [2.45, 2.75) is 26.7 Å². The molecule has 1 heterocycles. The van der Waals surface area contributed by atoms with Crippen LogP contribution in [0.2, 0.25) is 0 Å². The molecule has 0 bridgehead atoms. The lowest BCUT2D eigenvalue weighted by molar-refractivity contribution is -0.120. The number of benzene rings is 2. The molecular formula is C24H31N3O3S. The maximum absolute atomic E-state index is 13.1. The van der Waals surface area contributed by atoms with Gasteiger partial charge in [-0.15, -0.1) is 0 Å². The molecule has 3 rings (SSSR count). The van der Waals surface area contributed by atoms with E-state index in [4.69, 9.17) is 14.5 Å². The van der Waals surface area contributed by atoms with Crippen molar-refractivity contribution in [3.8, 4) is 11.5 Å². The lowest BCUT2D eigenvalue weighted by atomic mass is 10.0. The molecule has 0 spiro atoms. The van der Waals surface area contributed by atoms with Crippen molar-refractivity contribution in [2.24, 2.45) is 0 Å². The van der Waals surface area contributed by atoms with Gasteiger partial charge in [-0.05, 0) is 56.3 Å². The van der Waals surface area contributed by atoms with Crippen LogP contribution in [0.25, 0.3) is 10.2 Å². The van der Waals surface area contributed by atoms with Crippen molar-refractivity contribution < 1.29 is 14.3 Å². The summed E-state index contributed by atoms with van der Waals surface area (Å²) >= 11 is 1.51. The Morgan fingerprint density at radius 2 is 1.81 bits per heavy atom. The summed E-state index contributed by atoms with van der Waals surface area (Å²) in [5, 5.41) is 0.660. The van der Waals surface area contributed by atoms with Gasteiger partial charge in [-0.3, -0.25) is 9.69 Å². The third-order valence-electron chi connectivity index (χ3n) is 5.12. The number of nitrogens with zero attached hydrogens (tertiary/aromatic N) is 3. The van der Waals surface area contributed by atoms with Crippen LogP contribution in [-0.4, -0.2) is 56.7 Å². The molecule has 0 radical (unpaired) electrons. The van der Waals surface area contributed by atoms with Gasteiger partial charge >= 0.3 is 0 Å². The van der Waals surface area contributed by atoms with E-state index in [1.807, 2.05) is 62.3 Å². The number of hydrogen-bond acceptors (Lipinski definition) is 6. The van der Waals surface area contributed by atoms with E-state index in [1.54, 1.807) is 12.0 Å². The van der Waals surface area contributed by atoms with Crippen LogP contribution >= 0.6 is 11.3 Å². The van der Waals surface area contributed by atoms with E-state index in [-0.39, 0.29) is 12.5 Å². The molecule has 0 unspecified atom stereocenters. The number of thiazole rings is 1. The second kappa shape index (κ2) is 10.1. The molecule has 0 atom stereocenters. The van der Waals surface area contributed by atoms with Crippen molar-refractivity contribution in [3.05, 3.63) is 47.5 Å². The minimum Gasteiger partial charge on any atom is -0.494 e. The van der Waals surface area contributed by atoms with Crippen LogP contribution in [0.3, 0.4) is 0 Å². The molecule has 3 aromatic rings. The summed E-state index contributed by atoms with van der Waals surface area (Å²) in [6.07, 6.45) is 0. The number of aryl methyl sites for hydroxylation is 1. The number of carbonyl (C=O) groups excluding carboxylic acids is 1. The van der Waals surface area contributed by atoms with Crippen molar-refractivity contribution in [1.29, 1.82) is 0 Å². The van der Waals surface area contributed by atoms with Crippen LogP contribution in [0, 0.1) is 6.92 Å². The van der Waals surface area contributed by atoms with Crippen LogP contribution < -0.4 is 14.4 Å². The van der Waals surface area contributed by atoms with Crippen LogP contribution in [0.15, 0.2) is 36.4 Å². The molecule has 0 aliphatic carbocycles. The molecular weight excluding hydrogens is 410 g/mol. The number of rotatable bonds is 9. The van der Waals surface area contributed by atoms with Gasteiger partial charge in [-0.1, -0.05) is 43.4 Å². The number of likely N-dealkylation sites (N-methyl/N-ethyl adjacent to an activating group) is 1. The maximum atomic E-state index is 13.1. The summed E-state index contributed by atoms with van der Waals surface area (Å²) in [6, 6.07) is 11.8. The van der Waals surface area contributed by atoms with Gasteiger partial charge in [0, 0.05) is 13.1 Å². The molecule has 31 heavy (non-hydrogen) atoms. The molecule has 2 aromatic carbocycles. The summed E-state index contributed by atoms with van der Waals surface area (Å²) in [6.45, 7) is 7.55. The molecule has 0 aliphatic heterocycles. The Kier molecular flexibility index (Phi) is 7.51. The van der Waals surface area contributed by atoms with Crippen molar-refractivity contribution >= 4 is 32.6 Å². The van der Waals surface area contributed by atoms with Crippen molar-refractivity contribution in [2.75, 3.05) is 45.8 Å². The third kappa shape index (κ3) is 5.54. The fourth-order valence-electron chi connectivity index (χ4n) is 3.18. The second-order valence-electron chi connectivity index (χ2n) is 8.12. The minimum atomic E-state index is -0.120. The molecule has 166 valence electrons. The summed E-state index contributed by atoms with van der Waals surface area (Å²) in [5.41, 5.74) is 3.14. The zero-order valence-corrected chi connectivity index (χ0v) is 20.0. The summed E-state index contributed by atoms with van der Waals surface area (Å²) in [7, 11) is 5.61. The normalized spacial score (nSPS) is 11.4. The van der Waals surface area contributed by atoms with Gasteiger partial charge in [0.15, 0.2) is 11.7 Å². The van der Waals surface area contributed by atoms with Crippen LogP contribution in [-0.2, 0) is 4.79 Å². The van der Waals surface area contributed by atoms with Gasteiger partial charge in [0.2, 0.25) is 0 Å². The van der Waals surface area contributed by atoms with E-state index in [0.717, 1.165) is 22.3 Å². The van der Waals surface area contributed by atoms with E-state index < -0.39 is 0 Å². The highest BCUT2D eigenvalue weighted by Crippen LogP contribution is 2.36. The quantitative estimate of drug-likeness (QED) is 0.481. The number of aromatic nitrogens is 1. The van der Waals surface area contributed by atoms with Gasteiger partial charge in [0.25, 0.3) is 5.91 Å². The molecule has 6 nitrogen and oxygen atoms in total. The second-order valence-corrected chi connectivity index (χ2v) is 9.10. The number of fused-ring (bicyclic) bond motifs is 1.